The maximum atomic E-state index is 16.7. The van der Waals surface area contributed by atoms with Crippen LogP contribution in [-0.2, 0) is 10.8 Å². The van der Waals surface area contributed by atoms with Crippen LogP contribution < -0.4 is 19.3 Å². The first kappa shape index (κ1) is 62.2. The largest absolute Gasteiger partial charge is 0.457 e. The van der Waals surface area contributed by atoms with Gasteiger partial charge in [0.15, 0.2) is 0 Å². The number of fused-ring (bicyclic) bond motifs is 6. The van der Waals surface area contributed by atoms with E-state index in [1.807, 2.05) is 206 Å². The average molecular weight is 1310 g/mol. The Hall–Kier alpha value is -12.7. The van der Waals surface area contributed by atoms with Crippen molar-refractivity contribution >= 4 is 46.3 Å². The maximum absolute atomic E-state index is 16.7. The third-order valence-electron chi connectivity index (χ3n) is 19.3. The van der Waals surface area contributed by atoms with Crippen molar-refractivity contribution in [2.45, 2.75) is 10.8 Å². The van der Waals surface area contributed by atoms with Gasteiger partial charge < -0.3 is 19.3 Å². The normalized spacial score (nSPS) is 14.7. The molecule has 0 amide bonds. The van der Waals surface area contributed by atoms with Gasteiger partial charge in [-0.3, -0.25) is 0 Å². The van der Waals surface area contributed by atoms with Crippen LogP contribution in [0.5, 0.6) is 23.0 Å². The molecule has 0 saturated heterocycles. The van der Waals surface area contributed by atoms with Gasteiger partial charge in [0.1, 0.15) is 57.9 Å². The lowest BCUT2D eigenvalue weighted by Crippen LogP contribution is -2.29. The van der Waals surface area contributed by atoms with Gasteiger partial charge in [0.25, 0.3) is 0 Å². The van der Waals surface area contributed by atoms with Crippen LogP contribution in [-0.4, -0.2) is 0 Å². The molecule has 2 aliphatic carbocycles. The van der Waals surface area contributed by atoms with Crippen LogP contribution in [0.1, 0.15) is 55.6 Å². The second-order valence-corrected chi connectivity index (χ2v) is 24.8. The molecule has 0 aliphatic heterocycles. The van der Waals surface area contributed by atoms with Crippen LogP contribution in [0, 0.1) is 34.9 Å². The minimum absolute atomic E-state index is 0.0942. The van der Waals surface area contributed by atoms with Gasteiger partial charge >= 0.3 is 0 Å². The second-order valence-electron chi connectivity index (χ2n) is 24.8. The van der Waals surface area contributed by atoms with E-state index in [4.69, 9.17) is 9.47 Å². The van der Waals surface area contributed by atoms with Gasteiger partial charge in [0.2, 0.25) is 0 Å². The molecule has 14 aromatic carbocycles. The SMILES string of the molecule is C=Cc1ccc(Oc2ccc(C3(c4ccc(F)cc4)c4ccccc4-c4ccc(N(c5ccc(-c6ccc(N(c7ccc8c(c7)C(c7ccc(F)cc7)(c7ccc(Oc9ccc(C=C)cc9)cc7)c7ccccc7-8)c7ccc(F)cc7F)cc6)cc5)c5ccc(F)cc5F)cc43)cc2)cc1. The van der Waals surface area contributed by atoms with Gasteiger partial charge in [-0.1, -0.05) is 183 Å². The van der Waals surface area contributed by atoms with Crippen LogP contribution in [0.25, 0.3) is 45.5 Å². The summed E-state index contributed by atoms with van der Waals surface area (Å²) in [5, 5.41) is 0. The summed E-state index contributed by atoms with van der Waals surface area (Å²) < 4.78 is 106. The lowest BCUT2D eigenvalue weighted by Gasteiger charge is -2.35. The van der Waals surface area contributed by atoms with E-state index in [1.165, 1.54) is 48.5 Å². The summed E-state index contributed by atoms with van der Waals surface area (Å²) in [6.07, 6.45) is 3.54. The van der Waals surface area contributed by atoms with E-state index < -0.39 is 45.7 Å². The molecule has 100 heavy (non-hydrogen) atoms. The van der Waals surface area contributed by atoms with Crippen molar-refractivity contribution in [1.29, 1.82) is 0 Å². The highest BCUT2D eigenvalue weighted by Crippen LogP contribution is 2.60. The highest BCUT2D eigenvalue weighted by atomic mass is 19.2. The Morgan fingerprint density at radius 3 is 0.910 bits per heavy atom. The number of nitrogens with zero attached hydrogens (tertiary/aromatic N) is 2. The molecule has 0 N–H and O–H groups in total. The molecule has 0 radical (unpaired) electrons. The number of hydrogen-bond acceptors (Lipinski definition) is 4. The molecule has 0 bridgehead atoms. The van der Waals surface area contributed by atoms with Crippen molar-refractivity contribution in [3.05, 3.63) is 419 Å². The van der Waals surface area contributed by atoms with Crippen LogP contribution in [0.2, 0.25) is 0 Å². The summed E-state index contributed by atoms with van der Waals surface area (Å²) in [7, 11) is 0. The van der Waals surface area contributed by atoms with Crippen molar-refractivity contribution in [2.75, 3.05) is 9.80 Å². The second kappa shape index (κ2) is 25.4. The van der Waals surface area contributed by atoms with E-state index in [0.29, 0.717) is 45.7 Å². The number of hydrogen-bond donors (Lipinski definition) is 0. The standard InChI is InChI=1S/C90H58F6N2O2/c1-3-57-13-41-73(42-14-57)99-75-45-25-63(26-46-75)89(61-21-29-65(91)30-22-61)81-11-7-5-9-77(81)79-49-39-71(55-83(79)89)97(87-51-33-67(93)53-85(87)95)69-35-17-59(18-36-69)60-19-37-70(38-20-60)98(88-52-34-68(94)54-86(88)96)72-40-50-80-78-10-6-8-12-82(78)90(84(80)56-72,62-23-31-66(92)32-24-62)64-27-47-76(48-28-64)100-74-43-15-58(4-2)16-44-74/h3-56H,1-2H2. The van der Waals surface area contributed by atoms with E-state index in [-0.39, 0.29) is 11.4 Å². The summed E-state index contributed by atoms with van der Waals surface area (Å²) in [5.41, 5.74) is 14.6. The van der Waals surface area contributed by atoms with Crippen molar-refractivity contribution < 1.29 is 35.8 Å². The zero-order valence-corrected chi connectivity index (χ0v) is 53.6. The Morgan fingerprint density at radius 2 is 0.570 bits per heavy atom. The number of anilines is 6. The molecule has 2 aliphatic rings. The molecule has 0 spiro atoms. The van der Waals surface area contributed by atoms with E-state index in [0.717, 1.165) is 101 Å². The molecular formula is C90H58F6N2O2. The number of rotatable bonds is 17. The predicted octanol–water partition coefficient (Wildman–Crippen LogP) is 24.7. The maximum Gasteiger partial charge on any atom is 0.150 e. The Labute approximate surface area is 575 Å². The quantitative estimate of drug-likeness (QED) is 0.0849. The Kier molecular flexibility index (Phi) is 15.8. The molecule has 4 nitrogen and oxygen atoms in total. The Balaban J connectivity index is 0.776. The molecule has 2 unspecified atom stereocenters. The van der Waals surface area contributed by atoms with E-state index in [1.54, 1.807) is 46.2 Å². The molecule has 0 saturated carbocycles. The first-order chi connectivity index (χ1) is 48.9. The summed E-state index contributed by atoms with van der Waals surface area (Å²) in [6, 6.07) is 94.6. The molecule has 2 atom stereocenters. The lowest BCUT2D eigenvalue weighted by atomic mass is 9.67. The van der Waals surface area contributed by atoms with E-state index in [9.17, 15) is 8.78 Å². The van der Waals surface area contributed by atoms with Gasteiger partial charge in [0.05, 0.1) is 22.2 Å². The molecular weight excluding hydrogens is 1250 g/mol. The third kappa shape index (κ3) is 10.8. The summed E-state index contributed by atoms with van der Waals surface area (Å²) >= 11 is 0. The zero-order chi connectivity index (χ0) is 68.2. The van der Waals surface area contributed by atoms with Gasteiger partial charge in [-0.25, -0.2) is 26.3 Å². The molecule has 0 fully saturated rings. The monoisotopic (exact) mass is 1310 g/mol. The van der Waals surface area contributed by atoms with Gasteiger partial charge in [-0.2, -0.15) is 0 Å². The van der Waals surface area contributed by atoms with E-state index in [2.05, 4.69) is 37.4 Å². The molecule has 16 rings (SSSR count). The highest BCUT2D eigenvalue weighted by molar-refractivity contribution is 5.92. The number of benzene rings is 14. The van der Waals surface area contributed by atoms with Gasteiger partial charge in [0, 0.05) is 34.9 Å². The smallest absolute Gasteiger partial charge is 0.150 e. The molecule has 14 aromatic rings. The highest BCUT2D eigenvalue weighted by Gasteiger charge is 2.48. The van der Waals surface area contributed by atoms with Gasteiger partial charge in [-0.05, 0) is 235 Å². The first-order valence-corrected chi connectivity index (χ1v) is 32.6. The minimum Gasteiger partial charge on any atom is -0.457 e. The lowest BCUT2D eigenvalue weighted by molar-refractivity contribution is 0.482. The predicted molar refractivity (Wildman–Crippen MR) is 389 cm³/mol. The topological polar surface area (TPSA) is 24.9 Å². The van der Waals surface area contributed by atoms with Crippen molar-refractivity contribution in [3.8, 4) is 56.4 Å². The Bertz CT molecular complexity index is 5110. The summed E-state index contributed by atoms with van der Waals surface area (Å²) in [5.74, 6) is -1.30. The molecule has 10 heteroatoms. The number of halogens is 6. The fourth-order valence-corrected chi connectivity index (χ4v) is 14.7. The van der Waals surface area contributed by atoms with Crippen LogP contribution >= 0.6 is 0 Å². The summed E-state index contributed by atoms with van der Waals surface area (Å²) in [4.78, 5) is 3.52. The van der Waals surface area contributed by atoms with Crippen molar-refractivity contribution in [3.63, 3.8) is 0 Å². The third-order valence-corrected chi connectivity index (χ3v) is 19.3. The Morgan fingerprint density at radius 1 is 0.270 bits per heavy atom. The average Bonchev–Trinajstić information content (AvgIpc) is 1.54. The van der Waals surface area contributed by atoms with Gasteiger partial charge in [-0.15, -0.1) is 0 Å². The van der Waals surface area contributed by atoms with Crippen LogP contribution in [0.4, 0.5) is 60.5 Å². The van der Waals surface area contributed by atoms with Crippen molar-refractivity contribution in [2.24, 2.45) is 0 Å². The summed E-state index contributed by atoms with van der Waals surface area (Å²) in [6.45, 7) is 7.73. The van der Waals surface area contributed by atoms with E-state index >= 15 is 17.6 Å². The van der Waals surface area contributed by atoms with Crippen molar-refractivity contribution in [1.82, 2.24) is 0 Å². The van der Waals surface area contributed by atoms with Crippen LogP contribution in [0.3, 0.4) is 0 Å². The fourth-order valence-electron chi connectivity index (χ4n) is 14.7. The molecule has 0 aromatic heterocycles. The van der Waals surface area contributed by atoms with Crippen LogP contribution in [0.15, 0.2) is 329 Å². The zero-order valence-electron chi connectivity index (χ0n) is 53.6. The first-order valence-electron chi connectivity index (χ1n) is 32.6. The molecule has 482 valence electrons. The minimum atomic E-state index is -1.02. The fraction of sp³-hybridized carbons (Fsp3) is 0.0222. The molecule has 0 heterocycles. The number of ether oxygens (including phenoxy) is 2.